The van der Waals surface area contributed by atoms with Gasteiger partial charge in [0.2, 0.25) is 0 Å². The summed E-state index contributed by atoms with van der Waals surface area (Å²) in [6.45, 7) is 0.864. The first-order chi connectivity index (χ1) is 9.74. The van der Waals surface area contributed by atoms with Gasteiger partial charge < -0.3 is 10.1 Å². The third-order valence-corrected chi connectivity index (χ3v) is 5.12. The van der Waals surface area contributed by atoms with E-state index < -0.39 is 0 Å². The van der Waals surface area contributed by atoms with Gasteiger partial charge in [0.05, 0.1) is 12.7 Å². The predicted molar refractivity (Wildman–Crippen MR) is 84.2 cm³/mol. The van der Waals surface area contributed by atoms with Crippen LogP contribution in [0.15, 0.2) is 24.3 Å². The first-order valence-corrected chi connectivity index (χ1v) is 8.47. The molecule has 2 rings (SSSR count). The van der Waals surface area contributed by atoms with E-state index in [4.69, 9.17) is 4.74 Å². The van der Waals surface area contributed by atoms with Crippen LogP contribution >= 0.6 is 11.8 Å². The zero-order chi connectivity index (χ0) is 14.4. The minimum absolute atomic E-state index is 0.278. The number of carbonyl (C=O) groups excluding carboxylic acids is 1. The lowest BCUT2D eigenvalue weighted by Gasteiger charge is -2.31. The molecule has 0 spiro atoms. The molecule has 0 amide bonds. The van der Waals surface area contributed by atoms with E-state index in [-0.39, 0.29) is 5.97 Å². The predicted octanol–water partition coefficient (Wildman–Crippen LogP) is 3.24. The Hall–Kier alpha value is -1.00. The molecule has 1 aromatic carbocycles. The van der Waals surface area contributed by atoms with Gasteiger partial charge in [-0.1, -0.05) is 25.0 Å². The van der Waals surface area contributed by atoms with Crippen molar-refractivity contribution in [3.05, 3.63) is 35.4 Å². The number of hydrogen-bond donors (Lipinski definition) is 1. The number of hydrogen-bond acceptors (Lipinski definition) is 4. The van der Waals surface area contributed by atoms with Crippen LogP contribution < -0.4 is 5.32 Å². The molecule has 2 atom stereocenters. The lowest BCUT2D eigenvalue weighted by molar-refractivity contribution is 0.0600. The van der Waals surface area contributed by atoms with Crippen molar-refractivity contribution in [2.24, 2.45) is 0 Å². The molecule has 1 fully saturated rings. The van der Waals surface area contributed by atoms with Crippen LogP contribution in [-0.4, -0.2) is 30.6 Å². The van der Waals surface area contributed by atoms with Crippen molar-refractivity contribution in [2.75, 3.05) is 13.4 Å². The van der Waals surface area contributed by atoms with Crippen LogP contribution in [0.25, 0.3) is 0 Å². The molecular weight excluding hydrogens is 270 g/mol. The maximum atomic E-state index is 11.4. The number of thioether (sulfide) groups is 1. The van der Waals surface area contributed by atoms with E-state index in [0.29, 0.717) is 11.6 Å². The van der Waals surface area contributed by atoms with Crippen LogP contribution in [0.1, 0.15) is 41.6 Å². The van der Waals surface area contributed by atoms with Crippen molar-refractivity contribution >= 4 is 17.7 Å². The van der Waals surface area contributed by atoms with E-state index in [0.717, 1.165) is 11.8 Å². The van der Waals surface area contributed by atoms with Crippen LogP contribution in [0.4, 0.5) is 0 Å². The van der Waals surface area contributed by atoms with Crippen molar-refractivity contribution in [3.63, 3.8) is 0 Å². The van der Waals surface area contributed by atoms with Crippen LogP contribution in [-0.2, 0) is 11.3 Å². The summed E-state index contributed by atoms with van der Waals surface area (Å²) < 4.78 is 4.70. The van der Waals surface area contributed by atoms with E-state index in [9.17, 15) is 4.79 Å². The monoisotopic (exact) mass is 293 g/mol. The van der Waals surface area contributed by atoms with Gasteiger partial charge in [-0.3, -0.25) is 0 Å². The third kappa shape index (κ3) is 4.00. The standard InChI is InChI=1S/C16H23NO2S/c1-19-16(18)13-9-7-12(8-10-13)11-17-14-5-3-4-6-15(14)20-2/h7-10,14-15,17H,3-6,11H2,1-2H3. The Kier molecular flexibility index (Phi) is 5.92. The van der Waals surface area contributed by atoms with E-state index in [1.165, 1.54) is 38.4 Å². The minimum Gasteiger partial charge on any atom is -0.465 e. The smallest absolute Gasteiger partial charge is 0.337 e. The minimum atomic E-state index is -0.278. The Morgan fingerprint density at radius 2 is 2.00 bits per heavy atom. The number of nitrogens with one attached hydrogen (secondary N) is 1. The number of methoxy groups -OCH3 is 1. The molecule has 2 unspecified atom stereocenters. The molecule has 110 valence electrons. The lowest BCUT2D eigenvalue weighted by Crippen LogP contribution is -2.39. The highest BCUT2D eigenvalue weighted by Crippen LogP contribution is 2.27. The second-order valence-corrected chi connectivity index (χ2v) is 6.31. The highest BCUT2D eigenvalue weighted by Gasteiger charge is 2.23. The lowest BCUT2D eigenvalue weighted by atomic mass is 9.94. The molecule has 1 N–H and O–H groups in total. The second-order valence-electron chi connectivity index (χ2n) is 5.23. The molecule has 0 saturated heterocycles. The highest BCUT2D eigenvalue weighted by molar-refractivity contribution is 7.99. The van der Waals surface area contributed by atoms with E-state index in [2.05, 4.69) is 11.6 Å². The van der Waals surface area contributed by atoms with Crippen LogP contribution in [0.2, 0.25) is 0 Å². The zero-order valence-corrected chi connectivity index (χ0v) is 13.0. The average Bonchev–Trinajstić information content (AvgIpc) is 2.53. The van der Waals surface area contributed by atoms with Gasteiger partial charge in [-0.25, -0.2) is 4.79 Å². The number of ether oxygens (including phenoxy) is 1. The summed E-state index contributed by atoms with van der Waals surface area (Å²) >= 11 is 1.97. The first kappa shape index (κ1) is 15.4. The topological polar surface area (TPSA) is 38.3 Å². The van der Waals surface area contributed by atoms with Gasteiger partial charge in [-0.15, -0.1) is 0 Å². The van der Waals surface area contributed by atoms with Crippen LogP contribution in [0.3, 0.4) is 0 Å². The quantitative estimate of drug-likeness (QED) is 0.846. The summed E-state index contributed by atoms with van der Waals surface area (Å²) in [5.74, 6) is -0.278. The number of esters is 1. The fourth-order valence-electron chi connectivity index (χ4n) is 2.74. The molecule has 0 aliphatic heterocycles. The maximum absolute atomic E-state index is 11.4. The van der Waals surface area contributed by atoms with Crippen molar-refractivity contribution in [3.8, 4) is 0 Å². The van der Waals surface area contributed by atoms with E-state index in [1.54, 1.807) is 0 Å². The summed E-state index contributed by atoms with van der Waals surface area (Å²) in [7, 11) is 1.41. The molecule has 0 heterocycles. The van der Waals surface area contributed by atoms with E-state index in [1.807, 2.05) is 36.0 Å². The van der Waals surface area contributed by atoms with Crippen LogP contribution in [0.5, 0.6) is 0 Å². The van der Waals surface area contributed by atoms with Crippen molar-refractivity contribution < 1.29 is 9.53 Å². The van der Waals surface area contributed by atoms with Gasteiger partial charge in [0.15, 0.2) is 0 Å². The van der Waals surface area contributed by atoms with Gasteiger partial charge in [-0.05, 0) is 36.8 Å². The molecule has 1 saturated carbocycles. The average molecular weight is 293 g/mol. The van der Waals surface area contributed by atoms with Gasteiger partial charge in [0.25, 0.3) is 0 Å². The summed E-state index contributed by atoms with van der Waals surface area (Å²) in [6.07, 6.45) is 7.48. The van der Waals surface area contributed by atoms with Crippen molar-refractivity contribution in [2.45, 2.75) is 43.5 Å². The summed E-state index contributed by atoms with van der Waals surface area (Å²) in [6, 6.07) is 8.26. The molecule has 4 heteroatoms. The Morgan fingerprint density at radius 1 is 1.30 bits per heavy atom. The normalized spacial score (nSPS) is 22.5. The molecule has 1 aliphatic rings. The van der Waals surface area contributed by atoms with Crippen molar-refractivity contribution in [1.82, 2.24) is 5.32 Å². The summed E-state index contributed by atoms with van der Waals surface area (Å²) in [4.78, 5) is 11.4. The van der Waals surface area contributed by atoms with Gasteiger partial charge >= 0.3 is 5.97 Å². The highest BCUT2D eigenvalue weighted by atomic mass is 32.2. The number of benzene rings is 1. The molecule has 0 radical (unpaired) electrons. The summed E-state index contributed by atoms with van der Waals surface area (Å²) in [5, 5.41) is 4.40. The molecule has 1 aliphatic carbocycles. The number of carbonyl (C=O) groups is 1. The van der Waals surface area contributed by atoms with Gasteiger partial charge in [0.1, 0.15) is 0 Å². The third-order valence-electron chi connectivity index (χ3n) is 3.95. The molecule has 1 aromatic rings. The fraction of sp³-hybridized carbons (Fsp3) is 0.562. The fourth-order valence-corrected chi connectivity index (χ4v) is 3.70. The Balaban J connectivity index is 1.88. The van der Waals surface area contributed by atoms with E-state index >= 15 is 0 Å². The van der Waals surface area contributed by atoms with Gasteiger partial charge in [0, 0.05) is 17.8 Å². The second kappa shape index (κ2) is 7.70. The molecular formula is C16H23NO2S. The summed E-state index contributed by atoms with van der Waals surface area (Å²) in [5.41, 5.74) is 1.82. The number of rotatable bonds is 5. The maximum Gasteiger partial charge on any atom is 0.337 e. The largest absolute Gasteiger partial charge is 0.465 e. The van der Waals surface area contributed by atoms with Crippen molar-refractivity contribution in [1.29, 1.82) is 0 Å². The first-order valence-electron chi connectivity index (χ1n) is 7.18. The molecule has 0 aromatic heterocycles. The Bertz CT molecular complexity index is 433. The molecule has 0 bridgehead atoms. The van der Waals surface area contributed by atoms with Gasteiger partial charge in [-0.2, -0.15) is 11.8 Å². The van der Waals surface area contributed by atoms with Crippen LogP contribution in [0, 0.1) is 0 Å². The Labute approximate surface area is 125 Å². The SMILES string of the molecule is COC(=O)c1ccc(CNC2CCCCC2SC)cc1. The molecule has 20 heavy (non-hydrogen) atoms. The Morgan fingerprint density at radius 3 is 2.65 bits per heavy atom. The molecule has 3 nitrogen and oxygen atoms in total. The zero-order valence-electron chi connectivity index (χ0n) is 12.2.